The maximum atomic E-state index is 14.9. The summed E-state index contributed by atoms with van der Waals surface area (Å²) in [4.78, 5) is 28.0. The van der Waals surface area contributed by atoms with Gasteiger partial charge in [0, 0.05) is 31.2 Å². The van der Waals surface area contributed by atoms with Gasteiger partial charge < -0.3 is 10.1 Å². The first kappa shape index (κ1) is 17.9. The molecule has 2 aliphatic heterocycles. The highest BCUT2D eigenvalue weighted by atomic mass is 19.1. The number of halogens is 2. The zero-order chi connectivity index (χ0) is 19.1. The third-order valence-electron chi connectivity index (χ3n) is 5.33. The lowest BCUT2D eigenvalue weighted by Gasteiger charge is -2.31. The molecule has 8 heteroatoms. The molecule has 0 radical (unpaired) electrons. The Morgan fingerprint density at radius 2 is 1.96 bits per heavy atom. The summed E-state index contributed by atoms with van der Waals surface area (Å²) in [6.45, 7) is 2.75. The number of rotatable bonds is 2. The first-order valence-corrected chi connectivity index (χ1v) is 9.08. The lowest BCUT2D eigenvalue weighted by atomic mass is 9.92. The van der Waals surface area contributed by atoms with Gasteiger partial charge in [-0.3, -0.25) is 14.3 Å². The minimum atomic E-state index is -1.49. The van der Waals surface area contributed by atoms with Gasteiger partial charge in [0.2, 0.25) is 0 Å². The molecule has 144 valence electrons. The van der Waals surface area contributed by atoms with E-state index in [1.54, 1.807) is 19.1 Å². The second-order valence-corrected chi connectivity index (χ2v) is 7.17. The van der Waals surface area contributed by atoms with Crippen molar-refractivity contribution in [2.45, 2.75) is 44.4 Å². The normalized spacial score (nSPS) is 22.9. The number of anilines is 1. The van der Waals surface area contributed by atoms with Crippen LogP contribution in [0, 0.1) is 12.7 Å². The Bertz CT molecular complexity index is 979. The molecule has 1 aromatic heterocycles. The van der Waals surface area contributed by atoms with Gasteiger partial charge in [-0.2, -0.15) is 0 Å². The predicted molar refractivity (Wildman–Crippen MR) is 96.5 cm³/mol. The van der Waals surface area contributed by atoms with Gasteiger partial charge in [-0.15, -0.1) is 0 Å². The number of H-pyrrole nitrogens is 1. The number of ether oxygens (including phenoxy) is 1. The minimum Gasteiger partial charge on any atom is -0.381 e. The summed E-state index contributed by atoms with van der Waals surface area (Å²) >= 11 is 0. The Balaban J connectivity index is 1.74. The fourth-order valence-corrected chi connectivity index (χ4v) is 3.91. The molecule has 2 unspecified atom stereocenters. The fourth-order valence-electron chi connectivity index (χ4n) is 3.91. The van der Waals surface area contributed by atoms with E-state index >= 15 is 0 Å². The highest BCUT2D eigenvalue weighted by Crippen LogP contribution is 2.33. The summed E-state index contributed by atoms with van der Waals surface area (Å²) in [5, 5.41) is 2.83. The standard InChI is InChI=1S/C19H21F2N3O3/c1-10-2-3-14(20)12(8-10)16-15(21)9-13-17(22-16)23-19(26)24(18(13)25)11-4-6-27-7-5-11/h2-3,8,11,15-16,22H,4-7,9H2,1H3,(H,23,26). The zero-order valence-electron chi connectivity index (χ0n) is 14.9. The lowest BCUT2D eigenvalue weighted by molar-refractivity contribution is 0.0673. The van der Waals surface area contributed by atoms with Crippen LogP contribution >= 0.6 is 0 Å². The maximum Gasteiger partial charge on any atom is 0.330 e. The second-order valence-electron chi connectivity index (χ2n) is 7.17. The number of hydrogen-bond donors (Lipinski definition) is 2. The molecular formula is C19H21F2N3O3. The van der Waals surface area contributed by atoms with E-state index in [-0.39, 0.29) is 29.4 Å². The molecule has 0 spiro atoms. The number of aromatic amines is 1. The van der Waals surface area contributed by atoms with Crippen LogP contribution in [0.3, 0.4) is 0 Å². The third-order valence-corrected chi connectivity index (χ3v) is 5.33. The molecule has 1 fully saturated rings. The monoisotopic (exact) mass is 377 g/mol. The number of benzene rings is 1. The summed E-state index contributed by atoms with van der Waals surface area (Å²) in [6, 6.07) is 3.25. The van der Waals surface area contributed by atoms with E-state index in [2.05, 4.69) is 10.3 Å². The van der Waals surface area contributed by atoms with Gasteiger partial charge >= 0.3 is 5.69 Å². The van der Waals surface area contributed by atoms with Crippen LogP contribution in [0.1, 0.15) is 41.6 Å². The van der Waals surface area contributed by atoms with Crippen molar-refractivity contribution in [1.29, 1.82) is 0 Å². The molecular weight excluding hydrogens is 356 g/mol. The molecule has 2 aromatic rings. The molecule has 0 saturated carbocycles. The zero-order valence-corrected chi connectivity index (χ0v) is 14.9. The molecule has 0 bridgehead atoms. The van der Waals surface area contributed by atoms with Crippen LogP contribution in [0.2, 0.25) is 0 Å². The molecule has 6 nitrogen and oxygen atoms in total. The molecule has 27 heavy (non-hydrogen) atoms. The molecule has 3 heterocycles. The molecule has 0 amide bonds. The Morgan fingerprint density at radius 3 is 2.70 bits per heavy atom. The van der Waals surface area contributed by atoms with E-state index in [1.807, 2.05) is 0 Å². The maximum absolute atomic E-state index is 14.9. The van der Waals surface area contributed by atoms with Crippen molar-refractivity contribution >= 4 is 5.82 Å². The summed E-state index contributed by atoms with van der Waals surface area (Å²) in [5.41, 5.74) is 0.146. The van der Waals surface area contributed by atoms with E-state index in [4.69, 9.17) is 4.74 Å². The summed E-state index contributed by atoms with van der Waals surface area (Å²) in [6.07, 6.45) is -0.550. The van der Waals surface area contributed by atoms with Crippen molar-refractivity contribution < 1.29 is 13.5 Å². The topological polar surface area (TPSA) is 76.1 Å². The number of fused-ring (bicyclic) bond motifs is 1. The van der Waals surface area contributed by atoms with Gasteiger partial charge in [-0.05, 0) is 25.8 Å². The first-order chi connectivity index (χ1) is 13.0. The molecule has 1 aromatic carbocycles. The van der Waals surface area contributed by atoms with Crippen LogP contribution in [-0.2, 0) is 11.2 Å². The van der Waals surface area contributed by atoms with Crippen molar-refractivity contribution in [2.24, 2.45) is 0 Å². The van der Waals surface area contributed by atoms with Crippen LogP contribution in [0.25, 0.3) is 0 Å². The SMILES string of the molecule is Cc1ccc(F)c(C2Nc3[nH]c(=O)n(C4CCOCC4)c(=O)c3CC2F)c1. The van der Waals surface area contributed by atoms with Crippen LogP contribution in [0.15, 0.2) is 27.8 Å². The quantitative estimate of drug-likeness (QED) is 0.843. The number of hydrogen-bond acceptors (Lipinski definition) is 4. The smallest absolute Gasteiger partial charge is 0.330 e. The van der Waals surface area contributed by atoms with E-state index in [9.17, 15) is 18.4 Å². The highest BCUT2D eigenvalue weighted by molar-refractivity contribution is 5.49. The number of alkyl halides is 1. The molecule has 0 aliphatic carbocycles. The van der Waals surface area contributed by atoms with E-state index in [1.165, 1.54) is 10.6 Å². The van der Waals surface area contributed by atoms with E-state index in [0.29, 0.717) is 26.1 Å². The minimum absolute atomic E-state index is 0.174. The Kier molecular flexibility index (Phi) is 4.59. The predicted octanol–water partition coefficient (Wildman–Crippen LogP) is 2.38. The first-order valence-electron chi connectivity index (χ1n) is 9.08. The van der Waals surface area contributed by atoms with Crippen LogP contribution in [-0.4, -0.2) is 28.9 Å². The second kappa shape index (κ2) is 6.92. The number of nitrogens with zero attached hydrogens (tertiary/aromatic N) is 1. The van der Waals surface area contributed by atoms with Crippen LogP contribution < -0.4 is 16.6 Å². The van der Waals surface area contributed by atoms with Gasteiger partial charge in [-0.25, -0.2) is 13.6 Å². The summed E-state index contributed by atoms with van der Waals surface area (Å²) in [5.74, 6) is -0.352. The molecule has 2 aliphatic rings. The van der Waals surface area contributed by atoms with Gasteiger partial charge in [0.25, 0.3) is 5.56 Å². The Hall–Kier alpha value is -2.48. The third kappa shape index (κ3) is 3.18. The number of aryl methyl sites for hydroxylation is 1. The van der Waals surface area contributed by atoms with Crippen LogP contribution in [0.4, 0.5) is 14.6 Å². The molecule has 1 saturated heterocycles. The van der Waals surface area contributed by atoms with Crippen LogP contribution in [0.5, 0.6) is 0 Å². The average Bonchev–Trinajstić information content (AvgIpc) is 2.65. The van der Waals surface area contributed by atoms with Gasteiger partial charge in [0.05, 0.1) is 11.6 Å². The highest BCUT2D eigenvalue weighted by Gasteiger charge is 2.34. The Labute approximate surface area is 154 Å². The van der Waals surface area contributed by atoms with Crippen molar-refractivity contribution in [2.75, 3.05) is 18.5 Å². The van der Waals surface area contributed by atoms with Crippen molar-refractivity contribution in [3.63, 3.8) is 0 Å². The van der Waals surface area contributed by atoms with Crippen molar-refractivity contribution in [3.8, 4) is 0 Å². The van der Waals surface area contributed by atoms with E-state index < -0.39 is 29.3 Å². The van der Waals surface area contributed by atoms with E-state index in [0.717, 1.165) is 5.56 Å². The van der Waals surface area contributed by atoms with Gasteiger partial charge in [0.1, 0.15) is 17.8 Å². The average molecular weight is 377 g/mol. The summed E-state index contributed by atoms with van der Waals surface area (Å²) in [7, 11) is 0. The summed E-state index contributed by atoms with van der Waals surface area (Å²) < 4.78 is 35.6. The Morgan fingerprint density at radius 1 is 1.22 bits per heavy atom. The fraction of sp³-hybridized carbons (Fsp3) is 0.474. The lowest BCUT2D eigenvalue weighted by Crippen LogP contribution is -2.45. The molecule has 2 N–H and O–H groups in total. The molecule has 4 rings (SSSR count). The molecule has 2 atom stereocenters. The van der Waals surface area contributed by atoms with Gasteiger partial charge in [0.15, 0.2) is 0 Å². The van der Waals surface area contributed by atoms with Crippen molar-refractivity contribution in [3.05, 3.63) is 61.5 Å². The van der Waals surface area contributed by atoms with Gasteiger partial charge in [-0.1, -0.05) is 17.7 Å². The number of aromatic nitrogens is 2. The van der Waals surface area contributed by atoms with Crippen molar-refractivity contribution in [1.82, 2.24) is 9.55 Å². The number of nitrogens with one attached hydrogen (secondary N) is 2. The largest absolute Gasteiger partial charge is 0.381 e.